The molecule has 1 aliphatic rings. The number of aromatic nitrogens is 1. The van der Waals surface area contributed by atoms with Crippen LogP contribution in [-0.2, 0) is 11.3 Å². The second-order valence-electron chi connectivity index (χ2n) is 6.17. The van der Waals surface area contributed by atoms with Crippen molar-refractivity contribution in [3.05, 3.63) is 47.5 Å². The van der Waals surface area contributed by atoms with Crippen molar-refractivity contribution in [3.63, 3.8) is 0 Å². The summed E-state index contributed by atoms with van der Waals surface area (Å²) in [4.78, 5) is 32.9. The zero-order valence-corrected chi connectivity index (χ0v) is 15.5. The standard InChI is InChI=1S/C18H23N5O2S/c1-14(22-8-10-23(11-9-22)18-19-7-12-26-18)16(24)21-17(25)20-13-15-5-3-2-4-6-15/h2-7,12,14H,8-11,13H2,1H3,(H2,20,21,24,25). The zero-order chi connectivity index (χ0) is 18.4. The van der Waals surface area contributed by atoms with Gasteiger partial charge in [0.25, 0.3) is 0 Å². The summed E-state index contributed by atoms with van der Waals surface area (Å²) in [6.07, 6.45) is 1.80. The van der Waals surface area contributed by atoms with Crippen LogP contribution in [-0.4, -0.2) is 54.0 Å². The van der Waals surface area contributed by atoms with Gasteiger partial charge in [0.05, 0.1) is 6.04 Å². The van der Waals surface area contributed by atoms with Crippen molar-refractivity contribution in [2.75, 3.05) is 31.1 Å². The summed E-state index contributed by atoms with van der Waals surface area (Å²) in [5.41, 5.74) is 0.987. The van der Waals surface area contributed by atoms with E-state index in [1.807, 2.05) is 42.6 Å². The van der Waals surface area contributed by atoms with Crippen molar-refractivity contribution < 1.29 is 9.59 Å². The number of nitrogens with zero attached hydrogens (tertiary/aromatic N) is 3. The van der Waals surface area contributed by atoms with Crippen LogP contribution < -0.4 is 15.5 Å². The van der Waals surface area contributed by atoms with E-state index in [1.165, 1.54) is 0 Å². The highest BCUT2D eigenvalue weighted by Crippen LogP contribution is 2.19. The number of anilines is 1. The summed E-state index contributed by atoms with van der Waals surface area (Å²) in [5, 5.41) is 8.12. The maximum Gasteiger partial charge on any atom is 0.321 e. The van der Waals surface area contributed by atoms with E-state index in [0.717, 1.165) is 36.9 Å². The molecule has 2 N–H and O–H groups in total. The molecule has 0 aliphatic carbocycles. The average molecular weight is 373 g/mol. The maximum atomic E-state index is 12.3. The van der Waals surface area contributed by atoms with Crippen molar-refractivity contribution in [2.45, 2.75) is 19.5 Å². The van der Waals surface area contributed by atoms with Gasteiger partial charge in [-0.05, 0) is 12.5 Å². The first-order valence-electron chi connectivity index (χ1n) is 8.64. The number of nitrogens with one attached hydrogen (secondary N) is 2. The van der Waals surface area contributed by atoms with Crippen molar-refractivity contribution in [1.82, 2.24) is 20.5 Å². The molecule has 1 aliphatic heterocycles. The summed E-state index contributed by atoms with van der Waals surface area (Å²) in [6.45, 7) is 5.40. The number of hydrogen-bond acceptors (Lipinski definition) is 6. The normalized spacial score (nSPS) is 16.1. The summed E-state index contributed by atoms with van der Waals surface area (Å²) in [5.74, 6) is -0.279. The highest BCUT2D eigenvalue weighted by Gasteiger charge is 2.27. The second-order valence-corrected chi connectivity index (χ2v) is 7.04. The molecule has 8 heteroatoms. The summed E-state index contributed by atoms with van der Waals surface area (Å²) >= 11 is 1.62. The molecule has 3 amide bonds. The molecule has 2 heterocycles. The van der Waals surface area contributed by atoms with Crippen LogP contribution in [0.4, 0.5) is 9.93 Å². The van der Waals surface area contributed by atoms with Gasteiger partial charge in [-0.25, -0.2) is 9.78 Å². The van der Waals surface area contributed by atoms with Crippen LogP contribution in [0.1, 0.15) is 12.5 Å². The third-order valence-corrected chi connectivity index (χ3v) is 5.30. The van der Waals surface area contributed by atoms with E-state index in [9.17, 15) is 9.59 Å². The fraction of sp³-hybridized carbons (Fsp3) is 0.389. The molecular weight excluding hydrogens is 350 g/mol. The average Bonchev–Trinajstić information content (AvgIpc) is 3.21. The summed E-state index contributed by atoms with van der Waals surface area (Å²) < 4.78 is 0. The molecule has 26 heavy (non-hydrogen) atoms. The Morgan fingerprint density at radius 1 is 1.19 bits per heavy atom. The van der Waals surface area contributed by atoms with Gasteiger partial charge in [-0.2, -0.15) is 0 Å². The molecule has 0 saturated carbocycles. The smallest absolute Gasteiger partial charge is 0.321 e. The van der Waals surface area contributed by atoms with Crippen LogP contribution in [0.2, 0.25) is 0 Å². The molecule has 1 fully saturated rings. The van der Waals surface area contributed by atoms with Gasteiger partial charge in [0.2, 0.25) is 5.91 Å². The highest BCUT2D eigenvalue weighted by molar-refractivity contribution is 7.13. The lowest BCUT2D eigenvalue weighted by atomic mass is 10.2. The molecule has 3 rings (SSSR count). The van der Waals surface area contributed by atoms with Gasteiger partial charge in [0.1, 0.15) is 0 Å². The molecule has 0 spiro atoms. The number of amides is 3. The number of imide groups is 1. The molecular formula is C18H23N5O2S. The van der Waals surface area contributed by atoms with Crippen LogP contribution in [0.25, 0.3) is 0 Å². The molecule has 1 aromatic heterocycles. The first-order valence-corrected chi connectivity index (χ1v) is 9.52. The van der Waals surface area contributed by atoms with Gasteiger partial charge < -0.3 is 10.2 Å². The fourth-order valence-corrected chi connectivity index (χ4v) is 3.57. The monoisotopic (exact) mass is 373 g/mol. The Balaban J connectivity index is 1.42. The summed E-state index contributed by atoms with van der Waals surface area (Å²) in [6, 6.07) is 8.77. The second kappa shape index (κ2) is 8.77. The van der Waals surface area contributed by atoms with Crippen molar-refractivity contribution in [1.29, 1.82) is 0 Å². The van der Waals surface area contributed by atoms with E-state index >= 15 is 0 Å². The lowest BCUT2D eigenvalue weighted by Gasteiger charge is -2.37. The van der Waals surface area contributed by atoms with Gasteiger partial charge in [-0.3, -0.25) is 15.0 Å². The number of carbonyl (C=O) groups excluding carboxylic acids is 2. The number of piperazine rings is 1. The third-order valence-electron chi connectivity index (χ3n) is 4.46. The number of thiazole rings is 1. The van der Waals surface area contributed by atoms with E-state index in [1.54, 1.807) is 17.5 Å². The predicted octanol–water partition coefficient (Wildman–Crippen LogP) is 1.68. The van der Waals surface area contributed by atoms with E-state index in [0.29, 0.717) is 6.54 Å². The minimum absolute atomic E-state index is 0.279. The first kappa shape index (κ1) is 18.3. The van der Waals surface area contributed by atoms with Crippen molar-refractivity contribution >= 4 is 28.4 Å². The van der Waals surface area contributed by atoms with Crippen LogP contribution in [0, 0.1) is 0 Å². The quantitative estimate of drug-likeness (QED) is 0.834. The molecule has 0 bridgehead atoms. The lowest BCUT2D eigenvalue weighted by Crippen LogP contribution is -2.55. The van der Waals surface area contributed by atoms with Gasteiger partial charge in [0, 0.05) is 44.3 Å². The Morgan fingerprint density at radius 3 is 2.58 bits per heavy atom. The Morgan fingerprint density at radius 2 is 1.92 bits per heavy atom. The van der Waals surface area contributed by atoms with Crippen LogP contribution in [0.3, 0.4) is 0 Å². The first-order chi connectivity index (χ1) is 12.6. The Bertz CT molecular complexity index is 714. The van der Waals surface area contributed by atoms with Crippen molar-refractivity contribution in [3.8, 4) is 0 Å². The molecule has 1 aromatic carbocycles. The topological polar surface area (TPSA) is 77.6 Å². The molecule has 7 nitrogen and oxygen atoms in total. The highest BCUT2D eigenvalue weighted by atomic mass is 32.1. The van der Waals surface area contributed by atoms with Crippen molar-refractivity contribution in [2.24, 2.45) is 0 Å². The van der Waals surface area contributed by atoms with Gasteiger partial charge in [0.15, 0.2) is 5.13 Å². The van der Waals surface area contributed by atoms with E-state index < -0.39 is 6.03 Å². The molecule has 0 radical (unpaired) electrons. The Hall–Kier alpha value is -2.45. The maximum absolute atomic E-state index is 12.3. The van der Waals surface area contributed by atoms with Crippen LogP contribution in [0.5, 0.6) is 0 Å². The Kier molecular flexibility index (Phi) is 6.19. The predicted molar refractivity (Wildman–Crippen MR) is 102 cm³/mol. The SMILES string of the molecule is CC(C(=O)NC(=O)NCc1ccccc1)N1CCN(c2nccs2)CC1. The van der Waals surface area contributed by atoms with Crippen LogP contribution >= 0.6 is 11.3 Å². The Labute approximate surface area is 157 Å². The van der Waals surface area contributed by atoms with E-state index in [2.05, 4.69) is 25.4 Å². The number of urea groups is 1. The molecule has 1 saturated heterocycles. The fourth-order valence-electron chi connectivity index (χ4n) is 2.88. The van der Waals surface area contributed by atoms with Gasteiger partial charge in [-0.1, -0.05) is 30.3 Å². The number of hydrogen-bond donors (Lipinski definition) is 2. The zero-order valence-electron chi connectivity index (χ0n) is 14.7. The van der Waals surface area contributed by atoms with Gasteiger partial charge in [-0.15, -0.1) is 11.3 Å². The minimum atomic E-state index is -0.466. The summed E-state index contributed by atoms with van der Waals surface area (Å²) in [7, 11) is 0. The molecule has 138 valence electrons. The largest absolute Gasteiger partial charge is 0.346 e. The molecule has 2 aromatic rings. The van der Waals surface area contributed by atoms with E-state index in [-0.39, 0.29) is 11.9 Å². The third kappa shape index (κ3) is 4.80. The molecule has 1 unspecified atom stereocenters. The molecule has 1 atom stereocenters. The lowest BCUT2D eigenvalue weighted by molar-refractivity contribution is -0.124. The minimum Gasteiger partial charge on any atom is -0.346 e. The number of benzene rings is 1. The number of carbonyl (C=O) groups is 2. The van der Waals surface area contributed by atoms with Gasteiger partial charge >= 0.3 is 6.03 Å². The van der Waals surface area contributed by atoms with Crippen LogP contribution in [0.15, 0.2) is 41.9 Å². The van der Waals surface area contributed by atoms with E-state index in [4.69, 9.17) is 0 Å². The number of rotatable bonds is 5.